The Hall–Kier alpha value is -2.64. The number of hydrogen-bond acceptors (Lipinski definition) is 6. The molecule has 0 radical (unpaired) electrons. The third-order valence-electron chi connectivity index (χ3n) is 3.39. The molecule has 2 aromatic carbocycles. The Morgan fingerprint density at radius 1 is 1.12 bits per heavy atom. The third kappa shape index (κ3) is 2.91. The molecule has 3 aromatic rings. The van der Waals surface area contributed by atoms with Crippen molar-refractivity contribution in [3.8, 4) is 5.75 Å². The summed E-state index contributed by atoms with van der Waals surface area (Å²) in [5.74, 6) is 0.354. The molecule has 1 atom stereocenters. The van der Waals surface area contributed by atoms with Gasteiger partial charge in [0.1, 0.15) is 5.75 Å². The first-order valence-corrected chi connectivity index (χ1v) is 8.31. The maximum Gasteiger partial charge on any atom is 0.272 e. The normalized spacial score (nSPS) is 16.0. The fraction of sp³-hybridized carbons (Fsp3) is 0.0625. The summed E-state index contributed by atoms with van der Waals surface area (Å²) in [7, 11) is 0. The Morgan fingerprint density at radius 2 is 1.92 bits per heavy atom. The lowest BCUT2D eigenvalue weighted by Crippen LogP contribution is -2.29. The number of anilines is 3. The molecule has 0 bridgehead atoms. The van der Waals surface area contributed by atoms with E-state index in [0.29, 0.717) is 26.6 Å². The topological polar surface area (TPSA) is 76.1 Å². The van der Waals surface area contributed by atoms with Crippen LogP contribution < -0.4 is 15.4 Å². The first-order valence-electron chi connectivity index (χ1n) is 7.11. The molecule has 0 fully saturated rings. The van der Waals surface area contributed by atoms with E-state index in [1.165, 1.54) is 11.3 Å². The minimum atomic E-state index is -0.807. The van der Waals surface area contributed by atoms with Crippen molar-refractivity contribution in [2.24, 2.45) is 0 Å². The number of hydrogen-bond donors (Lipinski definition) is 2. The average molecular weight is 359 g/mol. The molecule has 1 unspecified atom stereocenters. The van der Waals surface area contributed by atoms with Gasteiger partial charge in [0.05, 0.1) is 5.69 Å². The largest absolute Gasteiger partial charge is 0.471 e. The van der Waals surface area contributed by atoms with E-state index in [1.54, 1.807) is 24.3 Å². The van der Waals surface area contributed by atoms with Crippen LogP contribution in [0.25, 0.3) is 0 Å². The van der Waals surface area contributed by atoms with Gasteiger partial charge in [-0.05, 0) is 36.4 Å². The summed E-state index contributed by atoms with van der Waals surface area (Å²) in [6.07, 6.45) is -0.807. The molecule has 0 spiro atoms. The summed E-state index contributed by atoms with van der Waals surface area (Å²) in [6, 6.07) is 14.5. The Kier molecular flexibility index (Phi) is 3.79. The second-order valence-corrected chi connectivity index (χ2v) is 6.51. The fourth-order valence-corrected chi connectivity index (χ4v) is 3.18. The molecule has 6 nitrogen and oxygen atoms in total. The number of rotatable bonds is 3. The van der Waals surface area contributed by atoms with Gasteiger partial charge < -0.3 is 15.4 Å². The molecule has 2 N–H and O–H groups in total. The smallest absolute Gasteiger partial charge is 0.272 e. The lowest BCUT2D eigenvalue weighted by molar-refractivity contribution is -0.123. The van der Waals surface area contributed by atoms with Crippen LogP contribution in [0.4, 0.5) is 16.5 Å². The number of nitrogens with zero attached hydrogens (tertiary/aromatic N) is 2. The zero-order valence-corrected chi connectivity index (χ0v) is 13.8. The van der Waals surface area contributed by atoms with E-state index < -0.39 is 6.10 Å². The summed E-state index contributed by atoms with van der Waals surface area (Å²) in [6.45, 7) is 0. The van der Waals surface area contributed by atoms with Gasteiger partial charge in [0.2, 0.25) is 11.2 Å². The van der Waals surface area contributed by atoms with E-state index >= 15 is 0 Å². The van der Waals surface area contributed by atoms with Crippen LogP contribution >= 0.6 is 22.9 Å². The minimum Gasteiger partial charge on any atom is -0.471 e. The quantitative estimate of drug-likeness (QED) is 0.739. The van der Waals surface area contributed by atoms with Gasteiger partial charge in [0.15, 0.2) is 5.01 Å². The van der Waals surface area contributed by atoms with Gasteiger partial charge >= 0.3 is 0 Å². The molecular formula is C16H11ClN4O2S. The molecule has 1 aromatic heterocycles. The predicted octanol–water partition coefficient (Wildman–Crippen LogP) is 4.01. The van der Waals surface area contributed by atoms with Crippen LogP contribution in [-0.2, 0) is 4.79 Å². The van der Waals surface area contributed by atoms with Crippen molar-refractivity contribution >= 4 is 45.4 Å². The van der Waals surface area contributed by atoms with E-state index in [4.69, 9.17) is 16.3 Å². The molecule has 24 heavy (non-hydrogen) atoms. The molecule has 1 amide bonds. The summed E-state index contributed by atoms with van der Waals surface area (Å²) in [4.78, 5) is 12.2. The van der Waals surface area contributed by atoms with Crippen molar-refractivity contribution in [1.82, 2.24) is 10.2 Å². The number of benzene rings is 2. The van der Waals surface area contributed by atoms with Gasteiger partial charge in [-0.1, -0.05) is 35.1 Å². The predicted molar refractivity (Wildman–Crippen MR) is 93.1 cm³/mol. The summed E-state index contributed by atoms with van der Waals surface area (Å²) < 4.78 is 5.76. The zero-order chi connectivity index (χ0) is 16.5. The molecule has 8 heteroatoms. The van der Waals surface area contributed by atoms with Gasteiger partial charge in [0.25, 0.3) is 5.91 Å². The van der Waals surface area contributed by atoms with E-state index in [0.717, 1.165) is 5.69 Å². The second kappa shape index (κ2) is 6.10. The van der Waals surface area contributed by atoms with Crippen LogP contribution in [0.15, 0.2) is 48.5 Å². The Morgan fingerprint density at radius 3 is 2.75 bits per heavy atom. The van der Waals surface area contributed by atoms with Crippen molar-refractivity contribution in [2.75, 3.05) is 10.6 Å². The van der Waals surface area contributed by atoms with Gasteiger partial charge in [-0.3, -0.25) is 4.79 Å². The number of nitrogens with one attached hydrogen (secondary N) is 2. The average Bonchev–Trinajstić information content (AvgIpc) is 3.04. The molecule has 1 aliphatic heterocycles. The number of fused-ring (bicyclic) bond motifs is 1. The zero-order valence-electron chi connectivity index (χ0n) is 12.2. The van der Waals surface area contributed by atoms with E-state index in [9.17, 15) is 4.79 Å². The van der Waals surface area contributed by atoms with Gasteiger partial charge in [-0.2, -0.15) is 0 Å². The summed E-state index contributed by atoms with van der Waals surface area (Å²) in [5, 5.41) is 15.8. The van der Waals surface area contributed by atoms with Crippen LogP contribution in [0.3, 0.4) is 0 Å². The number of para-hydroxylation sites is 2. The number of carbonyl (C=O) groups is 1. The molecule has 4 rings (SSSR count). The fourth-order valence-electron chi connectivity index (χ4n) is 2.26. The lowest BCUT2D eigenvalue weighted by Gasteiger charge is -2.23. The maximum atomic E-state index is 12.2. The molecule has 2 heterocycles. The maximum absolute atomic E-state index is 12.2. The highest BCUT2D eigenvalue weighted by atomic mass is 35.5. The second-order valence-electron chi connectivity index (χ2n) is 5.06. The van der Waals surface area contributed by atoms with Crippen LogP contribution in [-0.4, -0.2) is 16.1 Å². The monoisotopic (exact) mass is 358 g/mol. The van der Waals surface area contributed by atoms with E-state index in [2.05, 4.69) is 20.8 Å². The molecule has 0 saturated carbocycles. The highest BCUT2D eigenvalue weighted by Crippen LogP contribution is 2.36. The molecule has 0 saturated heterocycles. The number of amides is 1. The summed E-state index contributed by atoms with van der Waals surface area (Å²) in [5.41, 5.74) is 1.49. The molecule has 0 aliphatic carbocycles. The van der Waals surface area contributed by atoms with Crippen molar-refractivity contribution in [2.45, 2.75) is 6.10 Å². The van der Waals surface area contributed by atoms with E-state index in [-0.39, 0.29) is 5.91 Å². The number of ether oxygens (including phenoxy) is 1. The van der Waals surface area contributed by atoms with Gasteiger partial charge in [-0.25, -0.2) is 0 Å². The van der Waals surface area contributed by atoms with Crippen molar-refractivity contribution < 1.29 is 9.53 Å². The van der Waals surface area contributed by atoms with Crippen LogP contribution in [0.5, 0.6) is 5.75 Å². The lowest BCUT2D eigenvalue weighted by atomic mass is 10.2. The number of carbonyl (C=O) groups excluding carboxylic acids is 1. The Labute approximate surface area is 146 Å². The molecule has 1 aliphatic rings. The standard InChI is InChI=1S/C16H11ClN4O2S/c17-9-5-7-10(8-6-9)18-16-21-20-15(24-16)13-14(22)19-11-3-1-2-4-12(11)23-13/h1-8,13H,(H,18,21)(H,19,22). The Bertz CT molecular complexity index is 897. The highest BCUT2D eigenvalue weighted by Gasteiger charge is 2.32. The first-order chi connectivity index (χ1) is 11.7. The van der Waals surface area contributed by atoms with Crippen molar-refractivity contribution in [3.63, 3.8) is 0 Å². The molecular weight excluding hydrogens is 348 g/mol. The SMILES string of the molecule is O=C1Nc2ccccc2OC1c1nnc(Nc2ccc(Cl)cc2)s1. The summed E-state index contributed by atoms with van der Waals surface area (Å²) >= 11 is 7.13. The van der Waals surface area contributed by atoms with E-state index in [1.807, 2.05) is 24.3 Å². The van der Waals surface area contributed by atoms with Crippen LogP contribution in [0.1, 0.15) is 11.1 Å². The van der Waals surface area contributed by atoms with Crippen LogP contribution in [0, 0.1) is 0 Å². The van der Waals surface area contributed by atoms with Crippen molar-refractivity contribution in [1.29, 1.82) is 0 Å². The number of halogens is 1. The highest BCUT2D eigenvalue weighted by molar-refractivity contribution is 7.15. The van der Waals surface area contributed by atoms with Gasteiger partial charge in [-0.15, -0.1) is 10.2 Å². The molecule has 120 valence electrons. The van der Waals surface area contributed by atoms with Crippen LogP contribution in [0.2, 0.25) is 5.02 Å². The number of aromatic nitrogens is 2. The minimum absolute atomic E-state index is 0.261. The third-order valence-corrected chi connectivity index (χ3v) is 4.52. The first kappa shape index (κ1) is 14.9. The Balaban J connectivity index is 1.54. The van der Waals surface area contributed by atoms with Gasteiger partial charge in [0, 0.05) is 10.7 Å². The van der Waals surface area contributed by atoms with Crippen molar-refractivity contribution in [3.05, 3.63) is 58.6 Å².